The first-order valence-electron chi connectivity index (χ1n) is 7.41. The van der Waals surface area contributed by atoms with E-state index in [2.05, 4.69) is 5.32 Å². The molecular formula is C16H22N2O3. The molecule has 1 aliphatic heterocycles. The van der Waals surface area contributed by atoms with Crippen LogP contribution in [0.4, 0.5) is 10.5 Å². The van der Waals surface area contributed by atoms with Crippen LogP contribution in [0.2, 0.25) is 0 Å². The molecule has 2 rings (SSSR count). The molecule has 1 N–H and O–H groups in total. The van der Waals surface area contributed by atoms with Gasteiger partial charge >= 0.3 is 6.09 Å². The first kappa shape index (κ1) is 15.4. The van der Waals surface area contributed by atoms with Crippen LogP contribution < -0.4 is 10.2 Å². The first-order valence-corrected chi connectivity index (χ1v) is 7.41. The average Bonchev–Trinajstić information content (AvgIpc) is 2.84. The van der Waals surface area contributed by atoms with E-state index in [0.29, 0.717) is 19.5 Å². The summed E-state index contributed by atoms with van der Waals surface area (Å²) in [4.78, 5) is 25.1. The lowest BCUT2D eigenvalue weighted by atomic mass is 10.2. The highest BCUT2D eigenvalue weighted by Crippen LogP contribution is 2.22. The fourth-order valence-electron chi connectivity index (χ4n) is 2.29. The second kappa shape index (κ2) is 7.11. The number of carbonyl (C=O) groups is 2. The van der Waals surface area contributed by atoms with Crippen LogP contribution in [0, 0.1) is 6.92 Å². The van der Waals surface area contributed by atoms with E-state index in [1.165, 1.54) is 0 Å². The van der Waals surface area contributed by atoms with E-state index in [1.54, 1.807) is 4.90 Å². The minimum absolute atomic E-state index is 0.0157. The summed E-state index contributed by atoms with van der Waals surface area (Å²) in [6.07, 6.45) is 1.76. The van der Waals surface area contributed by atoms with Crippen molar-refractivity contribution in [2.24, 2.45) is 0 Å². The zero-order valence-electron chi connectivity index (χ0n) is 12.6. The SMILES string of the molecule is CCCCC(=O)NCC1CN(c2cccc(C)c2)C(=O)O1. The summed E-state index contributed by atoms with van der Waals surface area (Å²) in [5, 5.41) is 2.82. The van der Waals surface area contributed by atoms with E-state index in [4.69, 9.17) is 4.74 Å². The summed E-state index contributed by atoms with van der Waals surface area (Å²) < 4.78 is 5.30. The Kier molecular flexibility index (Phi) is 5.20. The van der Waals surface area contributed by atoms with Crippen LogP contribution in [0.25, 0.3) is 0 Å². The minimum atomic E-state index is -0.353. The van der Waals surface area contributed by atoms with Gasteiger partial charge in [0.2, 0.25) is 5.91 Å². The number of nitrogens with zero attached hydrogens (tertiary/aromatic N) is 1. The van der Waals surface area contributed by atoms with Crippen LogP contribution in [-0.4, -0.2) is 31.2 Å². The molecule has 1 aromatic rings. The number of ether oxygens (including phenoxy) is 1. The molecule has 5 heteroatoms. The topological polar surface area (TPSA) is 58.6 Å². The number of cyclic esters (lactones) is 1. The molecule has 1 atom stereocenters. The number of aryl methyl sites for hydroxylation is 1. The Labute approximate surface area is 125 Å². The normalized spacial score (nSPS) is 17.7. The Morgan fingerprint density at radius 2 is 2.29 bits per heavy atom. The monoisotopic (exact) mass is 290 g/mol. The Balaban J connectivity index is 1.86. The third-order valence-electron chi connectivity index (χ3n) is 3.47. The van der Waals surface area contributed by atoms with Crippen LogP contribution >= 0.6 is 0 Å². The molecule has 2 amide bonds. The predicted octanol–water partition coefficient (Wildman–Crippen LogP) is 2.63. The van der Waals surface area contributed by atoms with E-state index in [0.717, 1.165) is 24.1 Å². The summed E-state index contributed by atoms with van der Waals surface area (Å²) >= 11 is 0. The van der Waals surface area contributed by atoms with Gasteiger partial charge in [-0.2, -0.15) is 0 Å². The molecule has 1 aliphatic rings. The lowest BCUT2D eigenvalue weighted by Gasteiger charge is -2.13. The van der Waals surface area contributed by atoms with Crippen molar-refractivity contribution in [3.63, 3.8) is 0 Å². The van der Waals surface area contributed by atoms with Crippen molar-refractivity contribution >= 4 is 17.7 Å². The van der Waals surface area contributed by atoms with Gasteiger partial charge in [0.25, 0.3) is 0 Å². The van der Waals surface area contributed by atoms with Crippen LogP contribution in [0.1, 0.15) is 31.7 Å². The smallest absolute Gasteiger partial charge is 0.414 e. The van der Waals surface area contributed by atoms with Gasteiger partial charge in [-0.1, -0.05) is 25.5 Å². The van der Waals surface area contributed by atoms with Gasteiger partial charge in [-0.15, -0.1) is 0 Å². The second-order valence-corrected chi connectivity index (χ2v) is 5.36. The summed E-state index contributed by atoms with van der Waals surface area (Å²) in [5.41, 5.74) is 1.93. The van der Waals surface area contributed by atoms with Crippen molar-refractivity contribution in [3.8, 4) is 0 Å². The van der Waals surface area contributed by atoms with Gasteiger partial charge in [-0.25, -0.2) is 4.79 Å². The van der Waals surface area contributed by atoms with Gasteiger partial charge in [-0.05, 0) is 31.0 Å². The van der Waals surface area contributed by atoms with E-state index in [-0.39, 0.29) is 18.1 Å². The van der Waals surface area contributed by atoms with Crippen molar-refractivity contribution in [2.75, 3.05) is 18.0 Å². The van der Waals surface area contributed by atoms with Crippen LogP contribution in [0.3, 0.4) is 0 Å². The van der Waals surface area contributed by atoms with Crippen molar-refractivity contribution in [1.29, 1.82) is 0 Å². The zero-order valence-corrected chi connectivity index (χ0v) is 12.6. The summed E-state index contributed by atoms with van der Waals surface area (Å²) in [7, 11) is 0. The van der Waals surface area contributed by atoms with Gasteiger partial charge in [0.05, 0.1) is 13.1 Å². The lowest BCUT2D eigenvalue weighted by Crippen LogP contribution is -2.34. The Morgan fingerprint density at radius 1 is 1.48 bits per heavy atom. The zero-order chi connectivity index (χ0) is 15.2. The Hall–Kier alpha value is -2.04. The van der Waals surface area contributed by atoms with E-state index in [9.17, 15) is 9.59 Å². The second-order valence-electron chi connectivity index (χ2n) is 5.36. The van der Waals surface area contributed by atoms with E-state index in [1.807, 2.05) is 38.1 Å². The predicted molar refractivity (Wildman–Crippen MR) is 81.3 cm³/mol. The standard InChI is InChI=1S/C16H22N2O3/c1-3-4-8-15(19)17-10-14-11-18(16(20)21-14)13-7-5-6-12(2)9-13/h5-7,9,14H,3-4,8,10-11H2,1-2H3,(H,17,19). The molecular weight excluding hydrogens is 268 g/mol. The highest BCUT2D eigenvalue weighted by atomic mass is 16.6. The van der Waals surface area contributed by atoms with Crippen molar-refractivity contribution in [2.45, 2.75) is 39.2 Å². The number of benzene rings is 1. The molecule has 0 radical (unpaired) electrons. The van der Waals surface area contributed by atoms with Gasteiger partial charge < -0.3 is 10.1 Å². The molecule has 1 heterocycles. The molecule has 1 aromatic carbocycles. The highest BCUT2D eigenvalue weighted by molar-refractivity contribution is 5.89. The van der Waals surface area contributed by atoms with Crippen LogP contribution in [0.5, 0.6) is 0 Å². The van der Waals surface area contributed by atoms with E-state index < -0.39 is 0 Å². The number of hydrogen-bond acceptors (Lipinski definition) is 3. The Morgan fingerprint density at radius 3 is 3.00 bits per heavy atom. The van der Waals surface area contributed by atoms with Crippen LogP contribution in [0.15, 0.2) is 24.3 Å². The minimum Gasteiger partial charge on any atom is -0.442 e. The van der Waals surface area contributed by atoms with Crippen molar-refractivity contribution in [3.05, 3.63) is 29.8 Å². The molecule has 0 saturated carbocycles. The Bertz CT molecular complexity index is 516. The molecule has 5 nitrogen and oxygen atoms in total. The third-order valence-corrected chi connectivity index (χ3v) is 3.47. The number of unbranched alkanes of at least 4 members (excludes halogenated alkanes) is 1. The quantitative estimate of drug-likeness (QED) is 0.876. The van der Waals surface area contributed by atoms with Crippen LogP contribution in [-0.2, 0) is 9.53 Å². The summed E-state index contributed by atoms with van der Waals surface area (Å²) in [6.45, 7) is 4.87. The van der Waals surface area contributed by atoms with Gasteiger partial charge in [0, 0.05) is 12.1 Å². The first-order chi connectivity index (χ1) is 10.1. The number of rotatable bonds is 6. The maximum atomic E-state index is 11.9. The number of amides is 2. The fourth-order valence-corrected chi connectivity index (χ4v) is 2.29. The molecule has 1 fully saturated rings. The van der Waals surface area contributed by atoms with Gasteiger partial charge in [0.15, 0.2) is 0 Å². The number of nitrogens with one attached hydrogen (secondary N) is 1. The molecule has 1 unspecified atom stereocenters. The van der Waals surface area contributed by atoms with Gasteiger partial charge in [0.1, 0.15) is 6.10 Å². The molecule has 0 spiro atoms. The summed E-state index contributed by atoms with van der Waals surface area (Å²) in [5.74, 6) is 0.0157. The highest BCUT2D eigenvalue weighted by Gasteiger charge is 2.32. The van der Waals surface area contributed by atoms with Crippen molar-refractivity contribution < 1.29 is 14.3 Å². The molecule has 114 valence electrons. The maximum absolute atomic E-state index is 11.9. The van der Waals surface area contributed by atoms with E-state index >= 15 is 0 Å². The lowest BCUT2D eigenvalue weighted by molar-refractivity contribution is -0.121. The number of carbonyl (C=O) groups excluding carboxylic acids is 2. The number of anilines is 1. The largest absolute Gasteiger partial charge is 0.442 e. The molecule has 1 saturated heterocycles. The maximum Gasteiger partial charge on any atom is 0.414 e. The molecule has 0 aromatic heterocycles. The third kappa shape index (κ3) is 4.21. The average molecular weight is 290 g/mol. The summed E-state index contributed by atoms with van der Waals surface area (Å²) in [6, 6.07) is 7.73. The molecule has 0 bridgehead atoms. The number of hydrogen-bond donors (Lipinski definition) is 1. The molecule has 0 aliphatic carbocycles. The molecule has 21 heavy (non-hydrogen) atoms. The fraction of sp³-hybridized carbons (Fsp3) is 0.500. The van der Waals surface area contributed by atoms with Crippen molar-refractivity contribution in [1.82, 2.24) is 5.32 Å². The van der Waals surface area contributed by atoms with Gasteiger partial charge in [-0.3, -0.25) is 9.69 Å².